The molecule has 0 atom stereocenters. The number of hydrogen-bond acceptors (Lipinski definition) is 1. The smallest absolute Gasteiger partial charge is 0.0540 e. The molecule has 50 heavy (non-hydrogen) atoms. The molecule has 0 unspecified atom stereocenters. The summed E-state index contributed by atoms with van der Waals surface area (Å²) in [4.78, 5) is 2.47. The fourth-order valence-electron chi connectivity index (χ4n) is 8.01. The second kappa shape index (κ2) is 12.1. The fraction of sp³-hybridized carbons (Fsp3) is 0.0612. The molecule has 8 aromatic carbocycles. The number of nitrogens with zero attached hydrogens (tertiary/aromatic N) is 1. The lowest BCUT2D eigenvalue weighted by Gasteiger charge is -2.31. The van der Waals surface area contributed by atoms with Gasteiger partial charge in [0.1, 0.15) is 0 Å². The first-order chi connectivity index (χ1) is 24.6. The molecule has 0 spiro atoms. The molecule has 1 aliphatic rings. The molecule has 0 amide bonds. The molecule has 0 radical (unpaired) electrons. The normalized spacial score (nSPS) is 12.8. The number of fused-ring (bicyclic) bond motifs is 4. The van der Waals surface area contributed by atoms with E-state index in [2.05, 4.69) is 207 Å². The molecule has 1 nitrogen and oxygen atoms in total. The van der Waals surface area contributed by atoms with Crippen LogP contribution in [0.15, 0.2) is 188 Å². The van der Waals surface area contributed by atoms with E-state index in [9.17, 15) is 0 Å². The molecule has 238 valence electrons. The van der Waals surface area contributed by atoms with Gasteiger partial charge in [-0.05, 0) is 85.6 Å². The maximum atomic E-state index is 2.47. The van der Waals surface area contributed by atoms with E-state index < -0.39 is 0 Å². The first-order valence-electron chi connectivity index (χ1n) is 17.4. The van der Waals surface area contributed by atoms with Crippen molar-refractivity contribution in [3.8, 4) is 44.5 Å². The quantitative estimate of drug-likeness (QED) is 0.175. The Balaban J connectivity index is 1.26. The first-order valence-corrected chi connectivity index (χ1v) is 17.4. The van der Waals surface area contributed by atoms with Crippen molar-refractivity contribution in [2.24, 2.45) is 0 Å². The van der Waals surface area contributed by atoms with Crippen LogP contribution in [0, 0.1) is 0 Å². The Kier molecular flexibility index (Phi) is 7.21. The highest BCUT2D eigenvalue weighted by atomic mass is 15.1. The number of para-hydroxylation sites is 2. The molecular weight excluding hydrogens is 603 g/mol. The summed E-state index contributed by atoms with van der Waals surface area (Å²) in [6.45, 7) is 4.72. The molecule has 0 saturated heterocycles. The van der Waals surface area contributed by atoms with Gasteiger partial charge < -0.3 is 4.90 Å². The van der Waals surface area contributed by atoms with Crippen LogP contribution in [0.4, 0.5) is 17.1 Å². The minimum atomic E-state index is -0.112. The van der Waals surface area contributed by atoms with Crippen molar-refractivity contribution in [3.63, 3.8) is 0 Å². The summed E-state index contributed by atoms with van der Waals surface area (Å²) >= 11 is 0. The third kappa shape index (κ3) is 4.94. The highest BCUT2D eigenvalue weighted by Crippen LogP contribution is 2.52. The lowest BCUT2D eigenvalue weighted by Crippen LogP contribution is -2.17. The van der Waals surface area contributed by atoms with Crippen molar-refractivity contribution in [1.82, 2.24) is 0 Å². The Hall–Kier alpha value is -6.18. The van der Waals surface area contributed by atoms with E-state index in [1.54, 1.807) is 0 Å². The molecule has 0 bridgehead atoms. The van der Waals surface area contributed by atoms with Gasteiger partial charge in [-0.25, -0.2) is 0 Å². The van der Waals surface area contributed by atoms with Gasteiger partial charge in [-0.1, -0.05) is 172 Å². The van der Waals surface area contributed by atoms with Crippen molar-refractivity contribution in [3.05, 3.63) is 199 Å². The molecule has 9 rings (SSSR count). The average Bonchev–Trinajstić information content (AvgIpc) is 3.41. The molecule has 1 heteroatoms. The summed E-state index contributed by atoms with van der Waals surface area (Å²) in [5, 5.41) is 2.52. The Morgan fingerprint density at radius 1 is 0.360 bits per heavy atom. The summed E-state index contributed by atoms with van der Waals surface area (Å²) in [5.41, 5.74) is 15.9. The van der Waals surface area contributed by atoms with Crippen molar-refractivity contribution >= 4 is 27.8 Å². The predicted octanol–water partition coefficient (Wildman–Crippen LogP) is 13.6. The van der Waals surface area contributed by atoms with E-state index >= 15 is 0 Å². The van der Waals surface area contributed by atoms with Crippen LogP contribution in [0.25, 0.3) is 55.3 Å². The van der Waals surface area contributed by atoms with E-state index in [-0.39, 0.29) is 5.41 Å². The predicted molar refractivity (Wildman–Crippen MR) is 213 cm³/mol. The van der Waals surface area contributed by atoms with E-state index in [4.69, 9.17) is 0 Å². The van der Waals surface area contributed by atoms with Crippen molar-refractivity contribution in [2.45, 2.75) is 19.3 Å². The van der Waals surface area contributed by atoms with Gasteiger partial charge in [-0.15, -0.1) is 0 Å². The molecule has 8 aromatic rings. The summed E-state index contributed by atoms with van der Waals surface area (Å²) in [7, 11) is 0. The van der Waals surface area contributed by atoms with Crippen LogP contribution >= 0.6 is 0 Å². The zero-order valence-electron chi connectivity index (χ0n) is 28.3. The maximum Gasteiger partial charge on any atom is 0.0540 e. The van der Waals surface area contributed by atoms with Crippen LogP contribution in [0.5, 0.6) is 0 Å². The van der Waals surface area contributed by atoms with Crippen molar-refractivity contribution in [1.29, 1.82) is 0 Å². The van der Waals surface area contributed by atoms with E-state index in [1.807, 2.05) is 0 Å². The van der Waals surface area contributed by atoms with Crippen LogP contribution in [-0.4, -0.2) is 0 Å². The molecule has 0 aromatic heterocycles. The molecule has 0 saturated carbocycles. The highest BCUT2D eigenvalue weighted by Gasteiger charge is 2.36. The highest BCUT2D eigenvalue weighted by molar-refractivity contribution is 5.99. The van der Waals surface area contributed by atoms with Gasteiger partial charge in [0.15, 0.2) is 0 Å². The van der Waals surface area contributed by atoms with E-state index in [1.165, 1.54) is 66.4 Å². The molecule has 1 aliphatic carbocycles. The zero-order valence-corrected chi connectivity index (χ0v) is 28.3. The number of benzene rings is 8. The lowest BCUT2D eigenvalue weighted by atomic mass is 9.82. The lowest BCUT2D eigenvalue weighted by molar-refractivity contribution is 0.660. The largest absolute Gasteiger partial charge is 0.309 e. The van der Waals surface area contributed by atoms with Gasteiger partial charge >= 0.3 is 0 Å². The van der Waals surface area contributed by atoms with Crippen LogP contribution in [0.3, 0.4) is 0 Å². The van der Waals surface area contributed by atoms with Gasteiger partial charge in [-0.2, -0.15) is 0 Å². The van der Waals surface area contributed by atoms with Gasteiger partial charge in [0.05, 0.1) is 11.4 Å². The Morgan fingerprint density at radius 2 is 0.880 bits per heavy atom. The number of anilines is 3. The van der Waals surface area contributed by atoms with Gasteiger partial charge in [0.2, 0.25) is 0 Å². The zero-order chi connectivity index (χ0) is 33.7. The van der Waals surface area contributed by atoms with Gasteiger partial charge in [0.25, 0.3) is 0 Å². The van der Waals surface area contributed by atoms with Crippen LogP contribution in [0.1, 0.15) is 25.0 Å². The average molecular weight is 640 g/mol. The maximum absolute atomic E-state index is 2.47. The number of rotatable bonds is 6. The summed E-state index contributed by atoms with van der Waals surface area (Å²) in [5.74, 6) is 0. The van der Waals surface area contributed by atoms with E-state index in [0.29, 0.717) is 0 Å². The Morgan fingerprint density at radius 3 is 1.66 bits per heavy atom. The Labute approximate surface area is 294 Å². The van der Waals surface area contributed by atoms with Crippen molar-refractivity contribution in [2.75, 3.05) is 4.90 Å². The first kappa shape index (κ1) is 29.9. The molecule has 0 fully saturated rings. The Bertz CT molecular complexity index is 2520. The minimum absolute atomic E-state index is 0.112. The van der Waals surface area contributed by atoms with Gasteiger partial charge in [0, 0.05) is 22.2 Å². The SMILES string of the molecule is CC1(C)c2ccccc2-c2ccc(N(c3ccccc3-c3ccccc3)c3ccccc3-c3cccc(-c4cccc5ccccc45)c3)cc21. The van der Waals surface area contributed by atoms with Crippen molar-refractivity contribution < 1.29 is 0 Å². The summed E-state index contributed by atoms with van der Waals surface area (Å²) in [6, 6.07) is 68.6. The monoisotopic (exact) mass is 639 g/mol. The van der Waals surface area contributed by atoms with Crippen LogP contribution < -0.4 is 4.90 Å². The molecule has 0 N–H and O–H groups in total. The topological polar surface area (TPSA) is 3.24 Å². The minimum Gasteiger partial charge on any atom is -0.309 e. The number of hydrogen-bond donors (Lipinski definition) is 0. The molecule has 0 heterocycles. The third-order valence-corrected chi connectivity index (χ3v) is 10.5. The van der Waals surface area contributed by atoms with Crippen LogP contribution in [0.2, 0.25) is 0 Å². The summed E-state index contributed by atoms with van der Waals surface area (Å²) < 4.78 is 0. The summed E-state index contributed by atoms with van der Waals surface area (Å²) in [6.07, 6.45) is 0. The molecule has 0 aliphatic heterocycles. The third-order valence-electron chi connectivity index (χ3n) is 10.5. The van der Waals surface area contributed by atoms with Crippen LogP contribution in [-0.2, 0) is 5.41 Å². The molecular formula is C49H37N. The van der Waals surface area contributed by atoms with Gasteiger partial charge in [-0.3, -0.25) is 0 Å². The standard InChI is InChI=1S/C49H37N/c1-49(2)45-27-11-8-25-43(45)44-31-30-38(33-46(44)49)50(47-28-12-9-23-41(47)35-16-4-3-5-17-35)48-29-13-10-24-42(48)37-21-14-20-36(32-37)40-26-15-19-34-18-6-7-22-39(34)40/h3-33H,1-2H3. The van der Waals surface area contributed by atoms with E-state index in [0.717, 1.165) is 17.1 Å². The fourth-order valence-corrected chi connectivity index (χ4v) is 8.01. The second-order valence-corrected chi connectivity index (χ2v) is 13.7. The second-order valence-electron chi connectivity index (χ2n) is 13.7.